The van der Waals surface area contributed by atoms with Crippen LogP contribution in [0.25, 0.3) is 11.6 Å². The third-order valence-corrected chi connectivity index (χ3v) is 5.15. The van der Waals surface area contributed by atoms with Crippen molar-refractivity contribution in [1.29, 1.82) is 0 Å². The van der Waals surface area contributed by atoms with Crippen molar-refractivity contribution in [3.05, 3.63) is 89.2 Å². The van der Waals surface area contributed by atoms with Gasteiger partial charge in [0.2, 0.25) is 0 Å². The highest BCUT2D eigenvalue weighted by Gasteiger charge is 2.22. The van der Waals surface area contributed by atoms with Crippen LogP contribution < -0.4 is 0 Å². The van der Waals surface area contributed by atoms with Crippen LogP contribution in [-0.2, 0) is 13.7 Å². The Morgan fingerprint density at radius 2 is 1.86 bits per heavy atom. The number of rotatable bonds is 6. The van der Waals surface area contributed by atoms with E-state index in [9.17, 15) is 0 Å². The maximum Gasteiger partial charge on any atom is 0.199 e. The SMILES string of the molecule is CN(Cn1nc(-c2ccco2)n(C)c1=S)[C@H](c1ccccc1)c1ccccn1. The van der Waals surface area contributed by atoms with Crippen LogP contribution in [0.1, 0.15) is 17.3 Å². The molecule has 0 unspecified atom stereocenters. The minimum Gasteiger partial charge on any atom is -0.461 e. The predicted octanol–water partition coefficient (Wildman–Crippen LogP) is 4.28. The van der Waals surface area contributed by atoms with Crippen LogP contribution >= 0.6 is 12.2 Å². The number of hydrogen-bond donors (Lipinski definition) is 0. The second kappa shape index (κ2) is 7.92. The summed E-state index contributed by atoms with van der Waals surface area (Å²) in [5.41, 5.74) is 2.14. The molecule has 3 heterocycles. The molecule has 28 heavy (non-hydrogen) atoms. The number of pyridine rings is 1. The molecule has 3 aromatic heterocycles. The first-order chi connectivity index (χ1) is 13.6. The van der Waals surface area contributed by atoms with E-state index in [-0.39, 0.29) is 6.04 Å². The molecule has 1 atom stereocenters. The number of nitrogens with zero attached hydrogens (tertiary/aromatic N) is 5. The van der Waals surface area contributed by atoms with Crippen LogP contribution in [0.5, 0.6) is 0 Å². The van der Waals surface area contributed by atoms with E-state index < -0.39 is 0 Å². The van der Waals surface area contributed by atoms with E-state index in [1.807, 2.05) is 71.0 Å². The molecule has 0 amide bonds. The molecule has 4 rings (SSSR count). The predicted molar refractivity (Wildman–Crippen MR) is 110 cm³/mol. The van der Waals surface area contributed by atoms with Crippen molar-refractivity contribution < 1.29 is 4.42 Å². The highest BCUT2D eigenvalue weighted by Crippen LogP contribution is 2.27. The molecule has 0 bridgehead atoms. The van der Waals surface area contributed by atoms with Gasteiger partial charge in [0.1, 0.15) is 0 Å². The zero-order chi connectivity index (χ0) is 19.5. The van der Waals surface area contributed by atoms with E-state index in [1.54, 1.807) is 6.26 Å². The van der Waals surface area contributed by atoms with E-state index in [4.69, 9.17) is 16.6 Å². The van der Waals surface area contributed by atoms with Crippen molar-refractivity contribution in [2.24, 2.45) is 7.05 Å². The summed E-state index contributed by atoms with van der Waals surface area (Å²) in [7, 11) is 3.95. The van der Waals surface area contributed by atoms with Crippen LogP contribution in [0, 0.1) is 4.77 Å². The van der Waals surface area contributed by atoms with Crippen LogP contribution in [-0.4, -0.2) is 31.3 Å². The average molecular weight is 392 g/mol. The van der Waals surface area contributed by atoms with E-state index in [2.05, 4.69) is 34.2 Å². The molecular formula is C21H21N5OS. The summed E-state index contributed by atoms with van der Waals surface area (Å²) in [6, 6.07) is 20.0. The fourth-order valence-electron chi connectivity index (χ4n) is 3.32. The molecular weight excluding hydrogens is 370 g/mol. The quantitative estimate of drug-likeness (QED) is 0.459. The highest BCUT2D eigenvalue weighted by molar-refractivity contribution is 7.71. The van der Waals surface area contributed by atoms with Gasteiger partial charge in [0, 0.05) is 13.2 Å². The highest BCUT2D eigenvalue weighted by atomic mass is 32.1. The van der Waals surface area contributed by atoms with Crippen molar-refractivity contribution >= 4 is 12.2 Å². The molecule has 0 aliphatic heterocycles. The van der Waals surface area contributed by atoms with Gasteiger partial charge in [-0.3, -0.25) is 9.88 Å². The molecule has 0 saturated heterocycles. The molecule has 0 N–H and O–H groups in total. The number of furan rings is 1. The van der Waals surface area contributed by atoms with Crippen molar-refractivity contribution in [2.75, 3.05) is 7.05 Å². The fourth-order valence-corrected chi connectivity index (χ4v) is 3.50. The summed E-state index contributed by atoms with van der Waals surface area (Å²) in [5.74, 6) is 1.40. The third-order valence-electron chi connectivity index (χ3n) is 4.66. The van der Waals surface area contributed by atoms with Gasteiger partial charge in [-0.2, -0.15) is 0 Å². The van der Waals surface area contributed by atoms with Crippen LogP contribution in [0.4, 0.5) is 0 Å². The van der Waals surface area contributed by atoms with Crippen molar-refractivity contribution in [3.63, 3.8) is 0 Å². The second-order valence-corrected chi connectivity index (χ2v) is 6.97. The lowest BCUT2D eigenvalue weighted by Crippen LogP contribution is -2.29. The van der Waals surface area contributed by atoms with Gasteiger partial charge in [-0.1, -0.05) is 36.4 Å². The standard InChI is InChI=1S/C21H21N5OS/c1-24(15-26-21(28)25(2)20(23-26)18-12-8-14-27-18)19(16-9-4-3-5-10-16)17-11-6-7-13-22-17/h3-14,19H,15H2,1-2H3/t19-/m1/s1. The summed E-state index contributed by atoms with van der Waals surface area (Å²) in [6.45, 7) is 0.517. The maximum atomic E-state index is 5.61. The molecule has 6 nitrogen and oxygen atoms in total. The van der Waals surface area contributed by atoms with Crippen LogP contribution in [0.3, 0.4) is 0 Å². The monoisotopic (exact) mass is 391 g/mol. The van der Waals surface area contributed by atoms with E-state index >= 15 is 0 Å². The second-order valence-electron chi connectivity index (χ2n) is 6.61. The number of hydrogen-bond acceptors (Lipinski definition) is 5. The zero-order valence-electron chi connectivity index (χ0n) is 15.8. The molecule has 0 fully saturated rings. The Morgan fingerprint density at radius 3 is 2.54 bits per heavy atom. The summed E-state index contributed by atoms with van der Waals surface area (Å²) < 4.78 is 9.80. The Labute approximate surface area is 168 Å². The Hall–Kier alpha value is -3.03. The van der Waals surface area contributed by atoms with Gasteiger partial charge in [0.15, 0.2) is 16.4 Å². The molecule has 0 aliphatic rings. The molecule has 142 valence electrons. The van der Waals surface area contributed by atoms with Gasteiger partial charge < -0.3 is 8.98 Å². The first kappa shape index (κ1) is 18.3. The normalized spacial score (nSPS) is 12.4. The lowest BCUT2D eigenvalue weighted by molar-refractivity contribution is 0.205. The minimum absolute atomic E-state index is 0.0154. The first-order valence-corrected chi connectivity index (χ1v) is 9.40. The third kappa shape index (κ3) is 3.54. The lowest BCUT2D eigenvalue weighted by Gasteiger charge is -2.27. The van der Waals surface area contributed by atoms with E-state index in [0.717, 1.165) is 11.3 Å². The molecule has 1 aromatic carbocycles. The van der Waals surface area contributed by atoms with Gasteiger partial charge in [0.05, 0.1) is 24.7 Å². The van der Waals surface area contributed by atoms with Crippen molar-refractivity contribution in [1.82, 2.24) is 24.2 Å². The van der Waals surface area contributed by atoms with Gasteiger partial charge in [-0.15, -0.1) is 5.10 Å². The summed E-state index contributed by atoms with van der Waals surface area (Å²) in [6.07, 6.45) is 3.45. The van der Waals surface area contributed by atoms with Crippen molar-refractivity contribution in [2.45, 2.75) is 12.7 Å². The van der Waals surface area contributed by atoms with Gasteiger partial charge in [0.25, 0.3) is 0 Å². The Morgan fingerprint density at radius 1 is 1.07 bits per heavy atom. The topological polar surface area (TPSA) is 52.0 Å². The van der Waals surface area contributed by atoms with Crippen molar-refractivity contribution in [3.8, 4) is 11.6 Å². The summed E-state index contributed by atoms with van der Waals surface area (Å²) in [4.78, 5) is 6.77. The maximum absolute atomic E-state index is 5.61. The minimum atomic E-state index is -0.0154. The molecule has 0 radical (unpaired) electrons. The fraction of sp³-hybridized carbons (Fsp3) is 0.190. The lowest BCUT2D eigenvalue weighted by atomic mass is 10.0. The zero-order valence-corrected chi connectivity index (χ0v) is 16.6. The smallest absolute Gasteiger partial charge is 0.199 e. The van der Waals surface area contributed by atoms with Gasteiger partial charge in [-0.25, -0.2) is 4.68 Å². The molecule has 0 saturated carbocycles. The summed E-state index contributed by atoms with van der Waals surface area (Å²) in [5, 5.41) is 4.68. The number of aromatic nitrogens is 4. The molecule has 4 aromatic rings. The van der Waals surface area contributed by atoms with E-state index in [1.165, 1.54) is 0 Å². The molecule has 0 aliphatic carbocycles. The largest absolute Gasteiger partial charge is 0.461 e. The van der Waals surface area contributed by atoms with Gasteiger partial charge in [-0.05, 0) is 49.1 Å². The average Bonchev–Trinajstić information content (AvgIpc) is 3.34. The summed E-state index contributed by atoms with van der Waals surface area (Å²) >= 11 is 5.61. The van der Waals surface area contributed by atoms with Gasteiger partial charge >= 0.3 is 0 Å². The first-order valence-electron chi connectivity index (χ1n) is 8.99. The Bertz CT molecular complexity index is 1050. The molecule has 7 heteroatoms. The Kier molecular flexibility index (Phi) is 5.18. The molecule has 0 spiro atoms. The van der Waals surface area contributed by atoms with Crippen LogP contribution in [0.2, 0.25) is 0 Å². The Balaban J connectivity index is 1.68. The van der Waals surface area contributed by atoms with E-state index in [0.29, 0.717) is 23.0 Å². The van der Waals surface area contributed by atoms with Crippen LogP contribution in [0.15, 0.2) is 77.5 Å². The number of benzene rings is 1.